The highest BCUT2D eigenvalue weighted by atomic mass is 16.5. The van der Waals surface area contributed by atoms with Gasteiger partial charge in [0.05, 0.1) is 11.5 Å². The Morgan fingerprint density at radius 2 is 2.08 bits per heavy atom. The normalized spacial score (nSPS) is 24.4. The molecule has 0 aromatic heterocycles. The average molecular weight is 167 g/mol. The highest BCUT2D eigenvalue weighted by Gasteiger charge is 2.33. The van der Waals surface area contributed by atoms with E-state index in [9.17, 15) is 0 Å². The minimum absolute atomic E-state index is 0.121. The van der Waals surface area contributed by atoms with E-state index in [1.165, 1.54) is 0 Å². The molecule has 0 bridgehead atoms. The van der Waals surface area contributed by atoms with Gasteiger partial charge in [-0.05, 0) is 32.1 Å². The first-order chi connectivity index (χ1) is 5.73. The quantitative estimate of drug-likeness (QED) is 0.632. The predicted octanol–water partition coefficient (Wildman–Crippen LogP) is 2.35. The van der Waals surface area contributed by atoms with Crippen LogP contribution in [0.5, 0.6) is 0 Å². The second-order valence-electron chi connectivity index (χ2n) is 3.77. The summed E-state index contributed by atoms with van der Waals surface area (Å²) in [6.07, 6.45) is 3.06. The first-order valence-corrected chi connectivity index (χ1v) is 4.72. The van der Waals surface area contributed by atoms with Crippen molar-refractivity contribution in [2.75, 3.05) is 13.2 Å². The Balaban J connectivity index is 2.59. The second kappa shape index (κ2) is 3.91. The SMILES string of the molecule is CCC(C)(C#N)C1CCOCC1. The number of nitriles is 1. The number of ether oxygens (including phenoxy) is 1. The zero-order valence-electron chi connectivity index (χ0n) is 7.97. The summed E-state index contributed by atoms with van der Waals surface area (Å²) in [6.45, 7) is 5.84. The van der Waals surface area contributed by atoms with E-state index >= 15 is 0 Å². The van der Waals surface area contributed by atoms with Gasteiger partial charge in [-0.3, -0.25) is 0 Å². The molecule has 0 saturated carbocycles. The van der Waals surface area contributed by atoms with Crippen molar-refractivity contribution in [1.82, 2.24) is 0 Å². The third-order valence-corrected chi connectivity index (χ3v) is 3.11. The zero-order valence-corrected chi connectivity index (χ0v) is 7.97. The lowest BCUT2D eigenvalue weighted by atomic mass is 9.72. The van der Waals surface area contributed by atoms with E-state index in [1.807, 2.05) is 0 Å². The fourth-order valence-electron chi connectivity index (χ4n) is 1.79. The Bertz CT molecular complexity index is 179. The van der Waals surface area contributed by atoms with Gasteiger partial charge < -0.3 is 4.74 Å². The molecule has 1 aliphatic heterocycles. The van der Waals surface area contributed by atoms with Crippen molar-refractivity contribution in [3.05, 3.63) is 0 Å². The summed E-state index contributed by atoms with van der Waals surface area (Å²) in [5, 5.41) is 9.05. The van der Waals surface area contributed by atoms with Gasteiger partial charge >= 0.3 is 0 Å². The molecule has 0 spiro atoms. The number of hydrogen-bond acceptors (Lipinski definition) is 2. The molecule has 0 N–H and O–H groups in total. The molecule has 0 aliphatic carbocycles. The highest BCUT2D eigenvalue weighted by molar-refractivity contribution is 4.99. The van der Waals surface area contributed by atoms with Gasteiger partial charge in [-0.2, -0.15) is 5.26 Å². The van der Waals surface area contributed by atoms with Crippen LogP contribution >= 0.6 is 0 Å². The molecule has 0 aromatic rings. The van der Waals surface area contributed by atoms with Gasteiger partial charge in [0.1, 0.15) is 0 Å². The molecule has 0 amide bonds. The minimum atomic E-state index is -0.121. The van der Waals surface area contributed by atoms with Crippen molar-refractivity contribution >= 4 is 0 Å². The van der Waals surface area contributed by atoms with E-state index in [-0.39, 0.29) is 5.41 Å². The maximum Gasteiger partial charge on any atom is 0.0689 e. The van der Waals surface area contributed by atoms with Gasteiger partial charge in [-0.1, -0.05) is 6.92 Å². The fraction of sp³-hybridized carbons (Fsp3) is 0.900. The van der Waals surface area contributed by atoms with Gasteiger partial charge in [0.15, 0.2) is 0 Å². The lowest BCUT2D eigenvalue weighted by Gasteiger charge is -2.33. The average Bonchev–Trinajstić information content (AvgIpc) is 2.18. The van der Waals surface area contributed by atoms with Crippen LogP contribution in [0.3, 0.4) is 0 Å². The Morgan fingerprint density at radius 3 is 2.50 bits per heavy atom. The topological polar surface area (TPSA) is 33.0 Å². The Kier molecular flexibility index (Phi) is 3.11. The maximum absolute atomic E-state index is 9.05. The first-order valence-electron chi connectivity index (χ1n) is 4.72. The summed E-state index contributed by atoms with van der Waals surface area (Å²) in [5.74, 6) is 0.543. The molecule has 1 atom stereocenters. The van der Waals surface area contributed by atoms with Crippen molar-refractivity contribution in [2.24, 2.45) is 11.3 Å². The van der Waals surface area contributed by atoms with Gasteiger partial charge in [0.2, 0.25) is 0 Å². The molecular weight excluding hydrogens is 150 g/mol. The van der Waals surface area contributed by atoms with Crippen LogP contribution in [0.15, 0.2) is 0 Å². The van der Waals surface area contributed by atoms with Crippen LogP contribution in [-0.4, -0.2) is 13.2 Å². The van der Waals surface area contributed by atoms with Crippen LogP contribution in [0.2, 0.25) is 0 Å². The van der Waals surface area contributed by atoms with Crippen molar-refractivity contribution in [1.29, 1.82) is 5.26 Å². The summed E-state index contributed by atoms with van der Waals surface area (Å²) in [7, 11) is 0. The Morgan fingerprint density at radius 1 is 1.50 bits per heavy atom. The van der Waals surface area contributed by atoms with Gasteiger partial charge in [0.25, 0.3) is 0 Å². The molecule has 1 fully saturated rings. The maximum atomic E-state index is 9.05. The largest absolute Gasteiger partial charge is 0.381 e. The van der Waals surface area contributed by atoms with Crippen LogP contribution < -0.4 is 0 Å². The molecule has 1 unspecified atom stereocenters. The van der Waals surface area contributed by atoms with Crippen molar-refractivity contribution < 1.29 is 4.74 Å². The zero-order chi connectivity index (χ0) is 9.03. The number of rotatable bonds is 2. The number of nitrogens with zero attached hydrogens (tertiary/aromatic N) is 1. The summed E-state index contributed by atoms with van der Waals surface area (Å²) in [6, 6.07) is 2.44. The van der Waals surface area contributed by atoms with Crippen molar-refractivity contribution in [3.63, 3.8) is 0 Å². The second-order valence-corrected chi connectivity index (χ2v) is 3.77. The van der Waals surface area contributed by atoms with Crippen molar-refractivity contribution in [2.45, 2.75) is 33.1 Å². The molecule has 2 heteroatoms. The molecule has 0 aromatic carbocycles. The van der Waals surface area contributed by atoms with E-state index in [0.29, 0.717) is 5.92 Å². The Hall–Kier alpha value is -0.550. The lowest BCUT2D eigenvalue weighted by Crippen LogP contribution is -2.30. The molecule has 1 saturated heterocycles. The lowest BCUT2D eigenvalue weighted by molar-refractivity contribution is 0.0329. The molecule has 1 aliphatic rings. The van der Waals surface area contributed by atoms with E-state index in [2.05, 4.69) is 19.9 Å². The highest BCUT2D eigenvalue weighted by Crippen LogP contribution is 2.36. The third kappa shape index (κ3) is 1.78. The van der Waals surface area contributed by atoms with Gasteiger partial charge in [-0.25, -0.2) is 0 Å². The molecule has 1 rings (SSSR count). The number of hydrogen-bond donors (Lipinski definition) is 0. The van der Waals surface area contributed by atoms with E-state index in [1.54, 1.807) is 0 Å². The molecule has 68 valence electrons. The smallest absolute Gasteiger partial charge is 0.0689 e. The summed E-state index contributed by atoms with van der Waals surface area (Å²) < 4.78 is 5.27. The van der Waals surface area contributed by atoms with Crippen LogP contribution in [0.4, 0.5) is 0 Å². The molecule has 2 nitrogen and oxygen atoms in total. The third-order valence-electron chi connectivity index (χ3n) is 3.11. The van der Waals surface area contributed by atoms with Crippen LogP contribution in [-0.2, 0) is 4.74 Å². The van der Waals surface area contributed by atoms with Crippen LogP contribution in [0.1, 0.15) is 33.1 Å². The fourth-order valence-corrected chi connectivity index (χ4v) is 1.79. The van der Waals surface area contributed by atoms with Crippen LogP contribution in [0.25, 0.3) is 0 Å². The molecule has 12 heavy (non-hydrogen) atoms. The van der Waals surface area contributed by atoms with Crippen molar-refractivity contribution in [3.8, 4) is 6.07 Å². The predicted molar refractivity (Wildman–Crippen MR) is 47.6 cm³/mol. The van der Waals surface area contributed by atoms with E-state index < -0.39 is 0 Å². The first kappa shape index (κ1) is 9.54. The minimum Gasteiger partial charge on any atom is -0.381 e. The van der Waals surface area contributed by atoms with E-state index in [4.69, 9.17) is 10.00 Å². The standard InChI is InChI=1S/C10H17NO/c1-3-10(2,8-11)9-4-6-12-7-5-9/h9H,3-7H2,1-2H3. The summed E-state index contributed by atoms with van der Waals surface area (Å²) >= 11 is 0. The molecule has 1 heterocycles. The Labute approximate surface area is 74.5 Å². The van der Waals surface area contributed by atoms with Crippen LogP contribution in [0, 0.1) is 22.7 Å². The van der Waals surface area contributed by atoms with Gasteiger partial charge in [0, 0.05) is 13.2 Å². The van der Waals surface area contributed by atoms with E-state index in [0.717, 1.165) is 32.5 Å². The molecular formula is C10H17NO. The summed E-state index contributed by atoms with van der Waals surface area (Å²) in [5.41, 5.74) is -0.121. The molecule has 0 radical (unpaired) electrons. The monoisotopic (exact) mass is 167 g/mol. The van der Waals surface area contributed by atoms with Gasteiger partial charge in [-0.15, -0.1) is 0 Å². The summed E-state index contributed by atoms with van der Waals surface area (Å²) in [4.78, 5) is 0.